The number of carbonyl (C=O) groups excluding carboxylic acids is 1. The van der Waals surface area contributed by atoms with Crippen LogP contribution in [0.3, 0.4) is 0 Å². The molecule has 0 N–H and O–H groups in total. The molecule has 11 heteroatoms. The third kappa shape index (κ3) is 4.68. The first kappa shape index (κ1) is 24.2. The van der Waals surface area contributed by atoms with Crippen LogP contribution in [0.2, 0.25) is 0 Å². The standard InChI is InChI=1S/C21H25F3N2O5S/c1-4-30-19(27)20(13-16-6-5-7-17(12-16)21(22,23)24)8-10-26(11-9-20)32(28,29)18-14(2)25-31-15(18)3/h5-7,12H,4,8-11,13H2,1-3H3. The number of aryl methyl sites for hydroxylation is 2. The number of halogens is 3. The van der Waals surface area contributed by atoms with Crippen molar-refractivity contribution in [2.75, 3.05) is 19.7 Å². The van der Waals surface area contributed by atoms with E-state index in [1.807, 2.05) is 0 Å². The quantitative estimate of drug-likeness (QED) is 0.590. The second-order valence-corrected chi connectivity index (χ2v) is 9.81. The molecule has 0 saturated carbocycles. The number of carbonyl (C=O) groups is 1. The summed E-state index contributed by atoms with van der Waals surface area (Å²) in [6, 6.07) is 4.82. The van der Waals surface area contributed by atoms with Gasteiger partial charge in [-0.25, -0.2) is 8.42 Å². The first-order valence-corrected chi connectivity index (χ1v) is 11.6. The van der Waals surface area contributed by atoms with Crippen molar-refractivity contribution in [3.8, 4) is 0 Å². The minimum atomic E-state index is -4.50. The lowest BCUT2D eigenvalue weighted by atomic mass is 9.74. The third-order valence-electron chi connectivity index (χ3n) is 5.75. The van der Waals surface area contributed by atoms with Crippen LogP contribution in [0.5, 0.6) is 0 Å². The fraction of sp³-hybridized carbons (Fsp3) is 0.524. The highest BCUT2D eigenvalue weighted by Crippen LogP contribution is 2.40. The van der Waals surface area contributed by atoms with Gasteiger partial charge in [-0.2, -0.15) is 17.5 Å². The van der Waals surface area contributed by atoms with Gasteiger partial charge in [-0.15, -0.1) is 0 Å². The van der Waals surface area contributed by atoms with Crippen LogP contribution in [0.4, 0.5) is 13.2 Å². The first-order valence-electron chi connectivity index (χ1n) is 10.2. The molecule has 32 heavy (non-hydrogen) atoms. The van der Waals surface area contributed by atoms with Crippen LogP contribution in [0.1, 0.15) is 42.3 Å². The van der Waals surface area contributed by atoms with Crippen LogP contribution < -0.4 is 0 Å². The molecule has 7 nitrogen and oxygen atoms in total. The average molecular weight is 475 g/mol. The molecule has 0 bridgehead atoms. The number of aromatic nitrogens is 1. The van der Waals surface area contributed by atoms with Crippen LogP contribution in [-0.4, -0.2) is 43.5 Å². The van der Waals surface area contributed by atoms with Gasteiger partial charge in [-0.05, 0) is 51.7 Å². The second-order valence-electron chi connectivity index (χ2n) is 7.93. The molecule has 0 unspecified atom stereocenters. The number of hydrogen-bond donors (Lipinski definition) is 0. The van der Waals surface area contributed by atoms with Gasteiger partial charge in [0.05, 0.1) is 17.6 Å². The minimum absolute atomic E-state index is 0.000914. The first-order chi connectivity index (χ1) is 14.9. The van der Waals surface area contributed by atoms with Crippen molar-refractivity contribution < 1.29 is 35.6 Å². The molecule has 1 aromatic carbocycles. The Morgan fingerprint density at radius 3 is 2.44 bits per heavy atom. The number of esters is 1. The van der Waals surface area contributed by atoms with Crippen molar-refractivity contribution in [1.29, 1.82) is 0 Å². The largest absolute Gasteiger partial charge is 0.466 e. The lowest BCUT2D eigenvalue weighted by Crippen LogP contribution is -2.48. The Kier molecular flexibility index (Phi) is 6.71. The molecule has 0 aliphatic carbocycles. The molecule has 1 aliphatic rings. The molecule has 1 aliphatic heterocycles. The van der Waals surface area contributed by atoms with Gasteiger partial charge in [0.15, 0.2) is 5.76 Å². The van der Waals surface area contributed by atoms with E-state index in [2.05, 4.69) is 5.16 Å². The lowest BCUT2D eigenvalue weighted by molar-refractivity contribution is -0.158. The van der Waals surface area contributed by atoms with Gasteiger partial charge in [-0.1, -0.05) is 23.4 Å². The maximum absolute atomic E-state index is 13.1. The summed E-state index contributed by atoms with van der Waals surface area (Å²) < 4.78 is 77.0. The predicted octanol–water partition coefficient (Wildman–Crippen LogP) is 3.89. The molecular formula is C21H25F3N2O5S. The molecule has 1 aromatic heterocycles. The normalized spacial score (nSPS) is 17.3. The van der Waals surface area contributed by atoms with E-state index in [0.29, 0.717) is 5.56 Å². The Hall–Kier alpha value is -2.40. The fourth-order valence-corrected chi connectivity index (χ4v) is 5.84. The molecule has 2 aromatic rings. The molecule has 0 atom stereocenters. The highest BCUT2D eigenvalue weighted by molar-refractivity contribution is 7.89. The van der Waals surface area contributed by atoms with Gasteiger partial charge in [0, 0.05) is 13.1 Å². The van der Waals surface area contributed by atoms with E-state index < -0.39 is 33.1 Å². The Morgan fingerprint density at radius 2 is 1.91 bits per heavy atom. The topological polar surface area (TPSA) is 89.7 Å². The van der Waals surface area contributed by atoms with Gasteiger partial charge < -0.3 is 9.26 Å². The summed E-state index contributed by atoms with van der Waals surface area (Å²) in [4.78, 5) is 12.9. The van der Waals surface area contributed by atoms with Crippen LogP contribution in [0, 0.1) is 19.3 Å². The van der Waals surface area contributed by atoms with Gasteiger partial charge in [-0.3, -0.25) is 4.79 Å². The molecule has 3 rings (SSSR count). The number of benzene rings is 1. The van der Waals surface area contributed by atoms with E-state index in [1.54, 1.807) is 6.92 Å². The van der Waals surface area contributed by atoms with E-state index in [1.165, 1.54) is 30.3 Å². The molecular weight excluding hydrogens is 449 g/mol. The maximum atomic E-state index is 13.1. The zero-order valence-corrected chi connectivity index (χ0v) is 18.8. The number of ether oxygens (including phenoxy) is 1. The molecule has 2 heterocycles. The van der Waals surface area contributed by atoms with Crippen LogP contribution in [-0.2, 0) is 32.2 Å². The van der Waals surface area contributed by atoms with Gasteiger partial charge in [0.25, 0.3) is 0 Å². The molecule has 1 fully saturated rings. The van der Waals surface area contributed by atoms with Crippen molar-refractivity contribution in [1.82, 2.24) is 9.46 Å². The lowest BCUT2D eigenvalue weighted by Gasteiger charge is -2.39. The Balaban J connectivity index is 1.87. The highest BCUT2D eigenvalue weighted by Gasteiger charge is 2.46. The van der Waals surface area contributed by atoms with Crippen molar-refractivity contribution in [3.05, 3.63) is 46.8 Å². The van der Waals surface area contributed by atoms with Crippen LogP contribution in [0.15, 0.2) is 33.7 Å². The zero-order valence-electron chi connectivity index (χ0n) is 18.0. The maximum Gasteiger partial charge on any atom is 0.416 e. The van der Waals surface area contributed by atoms with Crippen molar-refractivity contribution >= 4 is 16.0 Å². The monoisotopic (exact) mass is 474 g/mol. The van der Waals surface area contributed by atoms with Crippen molar-refractivity contribution in [2.45, 2.75) is 51.1 Å². The summed E-state index contributed by atoms with van der Waals surface area (Å²) in [7, 11) is -3.89. The van der Waals surface area contributed by atoms with Gasteiger partial charge in [0.1, 0.15) is 10.6 Å². The smallest absolute Gasteiger partial charge is 0.416 e. The number of piperidine rings is 1. The Bertz CT molecular complexity index is 1070. The van der Waals surface area contributed by atoms with Crippen molar-refractivity contribution in [2.24, 2.45) is 5.41 Å². The summed E-state index contributed by atoms with van der Waals surface area (Å²) in [6.45, 7) is 4.84. The molecule has 176 valence electrons. The van der Waals surface area contributed by atoms with E-state index >= 15 is 0 Å². The summed E-state index contributed by atoms with van der Waals surface area (Å²) >= 11 is 0. The minimum Gasteiger partial charge on any atom is -0.466 e. The Labute approximate surface area is 184 Å². The SMILES string of the molecule is CCOC(=O)C1(Cc2cccc(C(F)(F)F)c2)CCN(S(=O)(=O)c2c(C)noc2C)CC1. The molecule has 0 radical (unpaired) electrons. The van der Waals surface area contributed by atoms with E-state index in [4.69, 9.17) is 9.26 Å². The summed E-state index contributed by atoms with van der Waals surface area (Å²) in [5.74, 6) is -0.361. The molecule has 0 spiro atoms. The number of sulfonamides is 1. The highest BCUT2D eigenvalue weighted by atomic mass is 32.2. The zero-order chi connectivity index (χ0) is 23.7. The van der Waals surface area contributed by atoms with Gasteiger partial charge in [0.2, 0.25) is 10.0 Å². The number of rotatable bonds is 6. The molecule has 0 amide bonds. The van der Waals surface area contributed by atoms with Gasteiger partial charge >= 0.3 is 12.1 Å². The summed E-state index contributed by atoms with van der Waals surface area (Å²) in [6.07, 6.45) is -4.25. The predicted molar refractivity (Wildman–Crippen MR) is 108 cm³/mol. The second kappa shape index (κ2) is 8.86. The number of nitrogens with zero attached hydrogens (tertiary/aromatic N) is 2. The number of hydrogen-bond acceptors (Lipinski definition) is 6. The van der Waals surface area contributed by atoms with E-state index in [9.17, 15) is 26.4 Å². The Morgan fingerprint density at radius 1 is 1.25 bits per heavy atom. The number of alkyl halides is 3. The van der Waals surface area contributed by atoms with Crippen molar-refractivity contribution in [3.63, 3.8) is 0 Å². The molecule has 1 saturated heterocycles. The van der Waals surface area contributed by atoms with E-state index in [0.717, 1.165) is 12.1 Å². The summed E-state index contributed by atoms with van der Waals surface area (Å²) in [5, 5.41) is 3.70. The average Bonchev–Trinajstić information content (AvgIpc) is 3.07. The van der Waals surface area contributed by atoms with Crippen LogP contribution >= 0.6 is 0 Å². The summed E-state index contributed by atoms with van der Waals surface area (Å²) in [5.41, 5.74) is -1.33. The fourth-order valence-electron chi connectivity index (χ4n) is 4.11. The third-order valence-corrected chi connectivity index (χ3v) is 7.89. The van der Waals surface area contributed by atoms with Crippen LogP contribution in [0.25, 0.3) is 0 Å². The van der Waals surface area contributed by atoms with E-state index in [-0.39, 0.29) is 55.3 Å².